The van der Waals surface area contributed by atoms with E-state index in [1.807, 2.05) is 26.0 Å². The minimum atomic E-state index is -0.655. The molecule has 1 saturated heterocycles. The number of hydrogen-bond donors (Lipinski definition) is 0. The lowest BCUT2D eigenvalue weighted by molar-refractivity contribution is -0.141. The van der Waals surface area contributed by atoms with Crippen LogP contribution < -0.4 is 9.47 Å². The number of amides is 1. The molecule has 0 unspecified atom stereocenters. The number of rotatable bonds is 9. The van der Waals surface area contributed by atoms with Crippen molar-refractivity contribution in [2.24, 2.45) is 4.99 Å². The minimum Gasteiger partial charge on any atom is -0.490 e. The van der Waals surface area contributed by atoms with Crippen molar-refractivity contribution in [3.8, 4) is 11.5 Å². The van der Waals surface area contributed by atoms with E-state index < -0.39 is 12.0 Å². The third-order valence-electron chi connectivity index (χ3n) is 4.83. The number of carbonyl (C=O) groups is 2. The summed E-state index contributed by atoms with van der Waals surface area (Å²) in [7, 11) is 1.54. The first-order valence-electron chi connectivity index (χ1n) is 10.3. The van der Waals surface area contributed by atoms with Gasteiger partial charge in [0.1, 0.15) is 6.61 Å². The Kier molecular flexibility index (Phi) is 7.97. The molecular formula is C22H28N2O6S. The number of thioether (sulfide) groups is 1. The van der Waals surface area contributed by atoms with Crippen molar-refractivity contribution in [2.75, 3.05) is 39.3 Å². The predicted octanol–water partition coefficient (Wildman–Crippen LogP) is 3.32. The summed E-state index contributed by atoms with van der Waals surface area (Å²) in [4.78, 5) is 32.1. The third-order valence-corrected chi connectivity index (χ3v) is 5.78. The average Bonchev–Trinajstić information content (AvgIpc) is 2.74. The highest BCUT2D eigenvalue weighted by Gasteiger charge is 2.42. The molecule has 9 heteroatoms. The van der Waals surface area contributed by atoms with E-state index in [1.54, 1.807) is 17.9 Å². The standard InChI is InChI=1S/C22H28N2O6S/c1-5-28-16-8-7-15(13-17(16)29-6-2)20-19(21(26)30-11-10-27-4)14(3)23-22-24(20)18(25)9-12-31-22/h7-8,13,20H,5-6,9-12H2,1-4H3/t20-/m1/s1. The number of allylic oxidation sites excluding steroid dienone is 1. The molecule has 0 aromatic heterocycles. The molecule has 1 fully saturated rings. The van der Waals surface area contributed by atoms with Crippen LogP contribution in [0.25, 0.3) is 0 Å². The summed E-state index contributed by atoms with van der Waals surface area (Å²) < 4.78 is 21.8. The number of amidine groups is 1. The van der Waals surface area contributed by atoms with Gasteiger partial charge >= 0.3 is 5.97 Å². The van der Waals surface area contributed by atoms with Gasteiger partial charge < -0.3 is 18.9 Å². The molecule has 2 aliphatic rings. The van der Waals surface area contributed by atoms with Gasteiger partial charge in [0, 0.05) is 19.3 Å². The van der Waals surface area contributed by atoms with Gasteiger partial charge in [-0.2, -0.15) is 0 Å². The lowest BCUT2D eigenvalue weighted by Gasteiger charge is -2.39. The second kappa shape index (κ2) is 10.7. The molecular weight excluding hydrogens is 420 g/mol. The van der Waals surface area contributed by atoms with E-state index in [1.165, 1.54) is 18.9 Å². The summed E-state index contributed by atoms with van der Waals surface area (Å²) in [6.45, 7) is 6.91. The van der Waals surface area contributed by atoms with Crippen LogP contribution in [0.4, 0.5) is 0 Å². The molecule has 1 aromatic rings. The molecule has 8 nitrogen and oxygen atoms in total. The first kappa shape index (κ1) is 23.1. The van der Waals surface area contributed by atoms with Gasteiger partial charge in [-0.05, 0) is 38.5 Å². The third kappa shape index (κ3) is 5.04. The Morgan fingerprint density at radius 3 is 2.65 bits per heavy atom. The first-order chi connectivity index (χ1) is 15.0. The first-order valence-corrected chi connectivity index (χ1v) is 11.3. The van der Waals surface area contributed by atoms with E-state index in [0.29, 0.717) is 53.3 Å². The normalized spacial score (nSPS) is 18.5. The monoisotopic (exact) mass is 448 g/mol. The summed E-state index contributed by atoms with van der Waals surface area (Å²) in [5.74, 6) is 1.24. The number of benzene rings is 1. The van der Waals surface area contributed by atoms with E-state index in [4.69, 9.17) is 18.9 Å². The quantitative estimate of drug-likeness (QED) is 0.423. The molecule has 1 aromatic carbocycles. The molecule has 168 valence electrons. The molecule has 31 heavy (non-hydrogen) atoms. The molecule has 1 atom stereocenters. The van der Waals surface area contributed by atoms with Gasteiger partial charge in [-0.15, -0.1) is 0 Å². The zero-order valence-corrected chi connectivity index (χ0v) is 19.1. The Morgan fingerprint density at radius 2 is 1.94 bits per heavy atom. The van der Waals surface area contributed by atoms with Crippen molar-refractivity contribution in [3.05, 3.63) is 35.0 Å². The summed E-state index contributed by atoms with van der Waals surface area (Å²) >= 11 is 1.51. The number of ether oxygens (including phenoxy) is 4. The number of fused-ring (bicyclic) bond motifs is 1. The van der Waals surface area contributed by atoms with Crippen molar-refractivity contribution >= 4 is 28.8 Å². The Hall–Kier alpha value is -2.52. The van der Waals surface area contributed by atoms with Crippen LogP contribution in [0.1, 0.15) is 38.8 Å². The van der Waals surface area contributed by atoms with Gasteiger partial charge in [0.05, 0.1) is 37.1 Å². The number of nitrogens with zero attached hydrogens (tertiary/aromatic N) is 2. The molecule has 0 bridgehead atoms. The van der Waals surface area contributed by atoms with Gasteiger partial charge in [-0.1, -0.05) is 17.8 Å². The van der Waals surface area contributed by atoms with Crippen LogP contribution in [0.15, 0.2) is 34.5 Å². The van der Waals surface area contributed by atoms with Crippen molar-refractivity contribution in [3.63, 3.8) is 0 Å². The Labute approximate surface area is 186 Å². The highest BCUT2D eigenvalue weighted by molar-refractivity contribution is 8.14. The van der Waals surface area contributed by atoms with Crippen molar-refractivity contribution in [1.29, 1.82) is 0 Å². The molecule has 2 aliphatic heterocycles. The van der Waals surface area contributed by atoms with Crippen LogP contribution in [0.5, 0.6) is 11.5 Å². The van der Waals surface area contributed by atoms with Crippen molar-refractivity contribution < 1.29 is 28.5 Å². The molecule has 3 rings (SSSR count). The fourth-order valence-corrected chi connectivity index (χ4v) is 4.51. The van der Waals surface area contributed by atoms with Crippen LogP contribution in [-0.4, -0.2) is 61.2 Å². The Bertz CT molecular complexity index is 898. The smallest absolute Gasteiger partial charge is 0.338 e. The van der Waals surface area contributed by atoms with E-state index in [0.717, 1.165) is 5.56 Å². The number of esters is 1. The maximum absolute atomic E-state index is 13.0. The topological polar surface area (TPSA) is 86.7 Å². The van der Waals surface area contributed by atoms with Crippen LogP contribution in [0.3, 0.4) is 0 Å². The summed E-state index contributed by atoms with van der Waals surface area (Å²) in [5, 5.41) is 0.596. The fourth-order valence-electron chi connectivity index (χ4n) is 3.51. The number of methoxy groups -OCH3 is 1. The lowest BCUT2D eigenvalue weighted by Crippen LogP contribution is -2.45. The van der Waals surface area contributed by atoms with E-state index in [2.05, 4.69) is 4.99 Å². The number of aliphatic imine (C=N–C) groups is 1. The predicted molar refractivity (Wildman–Crippen MR) is 118 cm³/mol. The Morgan fingerprint density at radius 1 is 1.19 bits per heavy atom. The van der Waals surface area contributed by atoms with Crippen LogP contribution in [0.2, 0.25) is 0 Å². The Balaban J connectivity index is 2.08. The lowest BCUT2D eigenvalue weighted by atomic mass is 9.93. The second-order valence-electron chi connectivity index (χ2n) is 6.86. The zero-order chi connectivity index (χ0) is 22.4. The highest BCUT2D eigenvalue weighted by Crippen LogP contribution is 2.42. The van der Waals surface area contributed by atoms with E-state index >= 15 is 0 Å². The van der Waals surface area contributed by atoms with E-state index in [9.17, 15) is 9.59 Å². The van der Waals surface area contributed by atoms with Gasteiger partial charge in [-0.25, -0.2) is 9.79 Å². The maximum atomic E-state index is 13.0. The van der Waals surface area contributed by atoms with Gasteiger partial charge in [0.25, 0.3) is 0 Å². The maximum Gasteiger partial charge on any atom is 0.338 e. The number of carbonyl (C=O) groups excluding carboxylic acids is 2. The molecule has 0 aliphatic carbocycles. The van der Waals surface area contributed by atoms with Crippen molar-refractivity contribution in [1.82, 2.24) is 4.90 Å². The number of hydrogen-bond acceptors (Lipinski definition) is 8. The molecule has 1 amide bonds. The molecule has 0 saturated carbocycles. The summed E-state index contributed by atoms with van der Waals surface area (Å²) in [6, 6.07) is 4.83. The average molecular weight is 449 g/mol. The van der Waals surface area contributed by atoms with Gasteiger partial charge in [0.15, 0.2) is 16.7 Å². The van der Waals surface area contributed by atoms with Crippen LogP contribution in [-0.2, 0) is 19.1 Å². The van der Waals surface area contributed by atoms with Crippen LogP contribution >= 0.6 is 11.8 Å². The van der Waals surface area contributed by atoms with Crippen molar-refractivity contribution in [2.45, 2.75) is 33.2 Å². The summed E-state index contributed by atoms with van der Waals surface area (Å²) in [6.07, 6.45) is 0.376. The highest BCUT2D eigenvalue weighted by atomic mass is 32.2. The molecule has 0 radical (unpaired) electrons. The second-order valence-corrected chi connectivity index (χ2v) is 7.92. The molecule has 2 heterocycles. The largest absolute Gasteiger partial charge is 0.490 e. The summed E-state index contributed by atoms with van der Waals surface area (Å²) in [5.41, 5.74) is 1.60. The van der Waals surface area contributed by atoms with Gasteiger partial charge in [-0.3, -0.25) is 9.69 Å². The fraction of sp³-hybridized carbons (Fsp3) is 0.500. The van der Waals surface area contributed by atoms with Crippen LogP contribution in [0, 0.1) is 0 Å². The molecule has 0 spiro atoms. The van der Waals surface area contributed by atoms with E-state index in [-0.39, 0.29) is 19.1 Å². The zero-order valence-electron chi connectivity index (χ0n) is 18.3. The minimum absolute atomic E-state index is 0.0796. The molecule has 0 N–H and O–H groups in total. The SMILES string of the molecule is CCOc1ccc([C@@H]2C(C(=O)OCCOC)=C(C)N=C3SCCC(=O)N32)cc1OCC. The van der Waals surface area contributed by atoms with Gasteiger partial charge in [0.2, 0.25) is 5.91 Å².